The summed E-state index contributed by atoms with van der Waals surface area (Å²) >= 11 is 0. The first-order valence-corrected chi connectivity index (χ1v) is 9.62. The summed E-state index contributed by atoms with van der Waals surface area (Å²) in [6.07, 6.45) is 1.43. The van der Waals surface area contributed by atoms with Crippen LogP contribution in [0.3, 0.4) is 0 Å². The maximum Gasteiger partial charge on any atom is 0.293 e. The third-order valence-electron chi connectivity index (χ3n) is 4.89. The van der Waals surface area contributed by atoms with Crippen LogP contribution in [0.25, 0.3) is 5.69 Å². The number of aryl methyl sites for hydroxylation is 1. The van der Waals surface area contributed by atoms with Crippen molar-refractivity contribution in [1.29, 1.82) is 0 Å². The number of rotatable bonds is 5. The second-order valence-corrected chi connectivity index (χ2v) is 7.48. The molecule has 1 aromatic heterocycles. The third kappa shape index (κ3) is 4.55. The summed E-state index contributed by atoms with van der Waals surface area (Å²) in [4.78, 5) is 32.8. The van der Waals surface area contributed by atoms with Crippen LogP contribution in [0.4, 0.5) is 4.39 Å². The van der Waals surface area contributed by atoms with Crippen molar-refractivity contribution in [3.05, 3.63) is 41.7 Å². The largest absolute Gasteiger partial charge is 0.339 e. The van der Waals surface area contributed by atoms with Gasteiger partial charge < -0.3 is 9.80 Å². The summed E-state index contributed by atoms with van der Waals surface area (Å²) < 4.78 is 14.6. The van der Waals surface area contributed by atoms with E-state index in [0.717, 1.165) is 6.42 Å². The Bertz CT molecular complexity index is 839. The number of carbonyl (C=O) groups is 2. The number of piperazine rings is 1. The lowest BCUT2D eigenvalue weighted by atomic mass is 10.1. The summed E-state index contributed by atoms with van der Waals surface area (Å²) in [5.41, 5.74) is 0.644. The summed E-state index contributed by atoms with van der Waals surface area (Å²) in [6.45, 7) is 7.94. The van der Waals surface area contributed by atoms with Gasteiger partial charge in [0.1, 0.15) is 11.6 Å². The molecule has 7 nitrogen and oxygen atoms in total. The van der Waals surface area contributed by atoms with E-state index in [1.807, 2.05) is 4.90 Å². The molecule has 0 aliphatic carbocycles. The summed E-state index contributed by atoms with van der Waals surface area (Å²) in [5.74, 6) is 0.725. The van der Waals surface area contributed by atoms with Crippen molar-refractivity contribution in [3.8, 4) is 5.69 Å². The van der Waals surface area contributed by atoms with Crippen molar-refractivity contribution < 1.29 is 14.0 Å². The van der Waals surface area contributed by atoms with Crippen molar-refractivity contribution in [2.24, 2.45) is 5.92 Å². The van der Waals surface area contributed by atoms with E-state index in [4.69, 9.17) is 0 Å². The maximum absolute atomic E-state index is 13.1. The van der Waals surface area contributed by atoms with E-state index >= 15 is 0 Å². The van der Waals surface area contributed by atoms with E-state index in [1.54, 1.807) is 24.0 Å². The van der Waals surface area contributed by atoms with E-state index in [2.05, 4.69) is 23.9 Å². The number of benzene rings is 1. The van der Waals surface area contributed by atoms with Crippen molar-refractivity contribution in [3.63, 3.8) is 0 Å². The van der Waals surface area contributed by atoms with E-state index in [1.165, 1.54) is 16.8 Å². The summed E-state index contributed by atoms with van der Waals surface area (Å²) in [7, 11) is 0. The van der Waals surface area contributed by atoms with Gasteiger partial charge in [0.2, 0.25) is 11.7 Å². The van der Waals surface area contributed by atoms with Gasteiger partial charge in [0.25, 0.3) is 5.91 Å². The molecule has 1 aliphatic rings. The average Bonchev–Trinajstić information content (AvgIpc) is 3.08. The quantitative estimate of drug-likeness (QED) is 0.790. The number of hydrogen-bond acceptors (Lipinski definition) is 4. The molecule has 1 saturated heterocycles. The van der Waals surface area contributed by atoms with Crippen molar-refractivity contribution in [1.82, 2.24) is 24.6 Å². The van der Waals surface area contributed by atoms with Crippen LogP contribution in [-0.2, 0) is 4.79 Å². The molecular weight excluding hydrogens is 361 g/mol. The smallest absolute Gasteiger partial charge is 0.293 e. The number of nitrogens with zero attached hydrogens (tertiary/aromatic N) is 5. The van der Waals surface area contributed by atoms with Gasteiger partial charge in [-0.3, -0.25) is 9.59 Å². The second kappa shape index (κ2) is 8.50. The first kappa shape index (κ1) is 20.0. The van der Waals surface area contributed by atoms with Gasteiger partial charge in [-0.05, 0) is 43.5 Å². The minimum Gasteiger partial charge on any atom is -0.339 e. The third-order valence-corrected chi connectivity index (χ3v) is 4.89. The van der Waals surface area contributed by atoms with Crippen molar-refractivity contribution >= 4 is 11.8 Å². The van der Waals surface area contributed by atoms with Crippen LogP contribution in [0.1, 0.15) is 43.1 Å². The molecule has 0 atom stereocenters. The highest BCUT2D eigenvalue weighted by Crippen LogP contribution is 2.14. The Morgan fingerprint density at radius 1 is 1.07 bits per heavy atom. The number of aromatic nitrogens is 3. The minimum absolute atomic E-state index is 0.112. The lowest BCUT2D eigenvalue weighted by Gasteiger charge is -2.34. The van der Waals surface area contributed by atoms with Crippen LogP contribution >= 0.6 is 0 Å². The van der Waals surface area contributed by atoms with Crippen LogP contribution < -0.4 is 0 Å². The van der Waals surface area contributed by atoms with Gasteiger partial charge in [0, 0.05) is 32.6 Å². The molecule has 3 rings (SSSR count). The van der Waals surface area contributed by atoms with Gasteiger partial charge >= 0.3 is 0 Å². The Hall–Kier alpha value is -2.77. The predicted octanol–water partition coefficient (Wildman–Crippen LogP) is 2.44. The fourth-order valence-corrected chi connectivity index (χ4v) is 3.18. The highest BCUT2D eigenvalue weighted by atomic mass is 19.1. The number of hydrogen-bond donors (Lipinski definition) is 0. The van der Waals surface area contributed by atoms with Gasteiger partial charge in [0.15, 0.2) is 0 Å². The van der Waals surface area contributed by atoms with Crippen LogP contribution in [0, 0.1) is 18.7 Å². The van der Waals surface area contributed by atoms with Gasteiger partial charge in [-0.25, -0.2) is 14.1 Å². The second-order valence-electron chi connectivity index (χ2n) is 7.48. The average molecular weight is 387 g/mol. The molecule has 28 heavy (non-hydrogen) atoms. The molecular formula is C20H26FN5O2. The van der Waals surface area contributed by atoms with E-state index in [9.17, 15) is 14.0 Å². The fraction of sp³-hybridized carbons (Fsp3) is 0.500. The van der Waals surface area contributed by atoms with Gasteiger partial charge in [-0.1, -0.05) is 13.8 Å². The normalized spacial score (nSPS) is 14.6. The molecule has 150 valence electrons. The molecule has 2 amide bonds. The highest BCUT2D eigenvalue weighted by Gasteiger charge is 2.27. The van der Waals surface area contributed by atoms with Crippen LogP contribution in [0.2, 0.25) is 0 Å². The summed E-state index contributed by atoms with van der Waals surface area (Å²) in [5, 5.41) is 4.30. The molecule has 0 radical (unpaired) electrons. The lowest BCUT2D eigenvalue weighted by Crippen LogP contribution is -2.50. The molecule has 1 fully saturated rings. The topological polar surface area (TPSA) is 71.3 Å². The first-order chi connectivity index (χ1) is 13.3. The van der Waals surface area contributed by atoms with E-state index < -0.39 is 0 Å². The standard InChI is InChI=1S/C20H26FN5O2/c1-14(2)4-9-18(27)24-10-12-25(13-11-24)20(28)19-22-15(3)26(23-19)17-7-5-16(21)6-8-17/h5-8,14H,4,9-13H2,1-3H3. The Labute approximate surface area is 164 Å². The maximum atomic E-state index is 13.1. The van der Waals surface area contributed by atoms with Gasteiger partial charge in [0.05, 0.1) is 5.69 Å². The van der Waals surface area contributed by atoms with Crippen molar-refractivity contribution in [2.75, 3.05) is 26.2 Å². The Morgan fingerprint density at radius 2 is 1.68 bits per heavy atom. The molecule has 0 bridgehead atoms. The summed E-state index contributed by atoms with van der Waals surface area (Å²) in [6, 6.07) is 5.86. The molecule has 0 saturated carbocycles. The van der Waals surface area contributed by atoms with Crippen molar-refractivity contribution in [2.45, 2.75) is 33.6 Å². The minimum atomic E-state index is -0.335. The highest BCUT2D eigenvalue weighted by molar-refractivity contribution is 5.90. The molecule has 0 N–H and O–H groups in total. The first-order valence-electron chi connectivity index (χ1n) is 9.62. The zero-order chi connectivity index (χ0) is 20.3. The Morgan fingerprint density at radius 3 is 2.29 bits per heavy atom. The number of halogens is 1. The Kier molecular flexibility index (Phi) is 6.06. The predicted molar refractivity (Wildman–Crippen MR) is 103 cm³/mol. The van der Waals surface area contributed by atoms with Crippen LogP contribution in [0.5, 0.6) is 0 Å². The molecule has 1 aliphatic heterocycles. The zero-order valence-electron chi connectivity index (χ0n) is 16.6. The molecule has 0 unspecified atom stereocenters. The van der Waals surface area contributed by atoms with Gasteiger partial charge in [-0.15, -0.1) is 5.10 Å². The molecule has 2 aromatic rings. The lowest BCUT2D eigenvalue weighted by molar-refractivity contribution is -0.132. The molecule has 1 aromatic carbocycles. The van der Waals surface area contributed by atoms with E-state index in [-0.39, 0.29) is 23.5 Å². The Balaban J connectivity index is 1.62. The molecule has 8 heteroatoms. The van der Waals surface area contributed by atoms with Crippen LogP contribution in [-0.4, -0.2) is 62.6 Å². The van der Waals surface area contributed by atoms with Crippen LogP contribution in [0.15, 0.2) is 24.3 Å². The number of carbonyl (C=O) groups excluding carboxylic acids is 2. The fourth-order valence-electron chi connectivity index (χ4n) is 3.18. The SMILES string of the molecule is Cc1nc(C(=O)N2CCN(C(=O)CCC(C)C)CC2)nn1-c1ccc(F)cc1. The molecule has 0 spiro atoms. The zero-order valence-corrected chi connectivity index (χ0v) is 16.6. The van der Waals surface area contributed by atoms with Gasteiger partial charge in [-0.2, -0.15) is 0 Å². The number of amides is 2. The molecule has 2 heterocycles. The van der Waals surface area contributed by atoms with E-state index in [0.29, 0.717) is 50.0 Å². The monoisotopic (exact) mass is 387 g/mol.